The molecule has 1 fully saturated rings. The van der Waals surface area contributed by atoms with Crippen LogP contribution in [0.4, 0.5) is 5.69 Å². The average molecular weight is 483 g/mol. The number of nitrogens with one attached hydrogen (secondary N) is 2. The number of aromatic nitrogens is 6. The largest absolute Gasteiger partial charge is 0.324 e. The Morgan fingerprint density at radius 2 is 1.94 bits per heavy atom. The highest BCUT2D eigenvalue weighted by atomic mass is 16.2. The molecule has 1 unspecified atom stereocenters. The maximum atomic E-state index is 13.1. The Hall–Kier alpha value is -3.72. The normalized spacial score (nSPS) is 20.3. The van der Waals surface area contributed by atoms with Gasteiger partial charge in [-0.15, -0.1) is 0 Å². The van der Waals surface area contributed by atoms with Crippen molar-refractivity contribution in [2.24, 2.45) is 5.92 Å². The van der Waals surface area contributed by atoms with Crippen LogP contribution in [0, 0.1) is 12.8 Å². The van der Waals surface area contributed by atoms with E-state index < -0.39 is 5.54 Å². The van der Waals surface area contributed by atoms with Crippen LogP contribution in [-0.4, -0.2) is 41.4 Å². The molecule has 4 heterocycles. The minimum atomic E-state index is -0.806. The number of imidazole rings is 1. The monoisotopic (exact) mass is 482 g/mol. The summed E-state index contributed by atoms with van der Waals surface area (Å²) in [5.74, 6) is 2.06. The Bertz CT molecular complexity index is 1470. The number of hydrogen-bond donors (Lipinski definition) is 2. The number of anilines is 1. The fourth-order valence-corrected chi connectivity index (χ4v) is 5.42. The molecule has 1 saturated carbocycles. The van der Waals surface area contributed by atoms with Crippen molar-refractivity contribution in [3.05, 3.63) is 48.3 Å². The highest BCUT2D eigenvalue weighted by Crippen LogP contribution is 2.41. The molecule has 36 heavy (non-hydrogen) atoms. The highest BCUT2D eigenvalue weighted by molar-refractivity contribution is 6.06. The second-order valence-electron chi connectivity index (χ2n) is 10.1. The van der Waals surface area contributed by atoms with Crippen molar-refractivity contribution in [1.82, 2.24) is 34.8 Å². The summed E-state index contributed by atoms with van der Waals surface area (Å²) >= 11 is 0. The Morgan fingerprint density at radius 1 is 1.17 bits per heavy atom. The van der Waals surface area contributed by atoms with Gasteiger partial charge in [-0.05, 0) is 58.6 Å². The number of carbonyl (C=O) groups is 1. The number of rotatable bonds is 6. The first-order valence-electron chi connectivity index (χ1n) is 12.6. The van der Waals surface area contributed by atoms with Gasteiger partial charge in [-0.2, -0.15) is 0 Å². The van der Waals surface area contributed by atoms with Gasteiger partial charge in [0.25, 0.3) is 0 Å². The first-order chi connectivity index (χ1) is 17.4. The van der Waals surface area contributed by atoms with Gasteiger partial charge in [0.05, 0.1) is 5.56 Å². The van der Waals surface area contributed by atoms with Gasteiger partial charge in [0, 0.05) is 41.8 Å². The van der Waals surface area contributed by atoms with E-state index in [-0.39, 0.29) is 11.9 Å². The van der Waals surface area contributed by atoms with E-state index in [1.165, 1.54) is 19.3 Å². The van der Waals surface area contributed by atoms with E-state index >= 15 is 0 Å². The average Bonchev–Trinajstić information content (AvgIpc) is 3.32. The SMILES string of the molecule is CCn1c(-c2cnc(C)nc2)nc2c(-c3ccc4c(c3)C(C)(N[C@H](C)C3CCC3)C(=O)N4)ncnc21. The van der Waals surface area contributed by atoms with Gasteiger partial charge in [-0.3, -0.25) is 10.1 Å². The smallest absolute Gasteiger partial charge is 0.249 e. The zero-order valence-corrected chi connectivity index (χ0v) is 21.0. The molecule has 0 spiro atoms. The first kappa shape index (κ1) is 22.7. The Morgan fingerprint density at radius 3 is 2.64 bits per heavy atom. The van der Waals surface area contributed by atoms with Crippen LogP contribution < -0.4 is 10.6 Å². The third-order valence-corrected chi connectivity index (χ3v) is 7.79. The summed E-state index contributed by atoms with van der Waals surface area (Å²) in [6, 6.07) is 6.27. The van der Waals surface area contributed by atoms with Crippen molar-refractivity contribution < 1.29 is 4.79 Å². The van der Waals surface area contributed by atoms with Crippen molar-refractivity contribution in [1.29, 1.82) is 0 Å². The second-order valence-corrected chi connectivity index (χ2v) is 10.1. The van der Waals surface area contributed by atoms with Crippen molar-refractivity contribution in [2.75, 3.05) is 5.32 Å². The van der Waals surface area contributed by atoms with Crippen molar-refractivity contribution in [2.45, 2.75) is 65.1 Å². The predicted octanol–water partition coefficient (Wildman–Crippen LogP) is 4.22. The molecule has 1 aliphatic heterocycles. The first-order valence-corrected chi connectivity index (χ1v) is 12.6. The zero-order chi connectivity index (χ0) is 25.0. The maximum Gasteiger partial charge on any atom is 0.249 e. The summed E-state index contributed by atoms with van der Waals surface area (Å²) in [6.07, 6.45) is 8.85. The summed E-state index contributed by atoms with van der Waals surface area (Å²) in [7, 11) is 0. The minimum absolute atomic E-state index is 0.0226. The van der Waals surface area contributed by atoms with Gasteiger partial charge in [0.15, 0.2) is 5.65 Å². The van der Waals surface area contributed by atoms with Crippen molar-refractivity contribution in [3.63, 3.8) is 0 Å². The molecule has 9 nitrogen and oxygen atoms in total. The number of nitrogens with zero attached hydrogens (tertiary/aromatic N) is 6. The second kappa shape index (κ2) is 8.44. The molecule has 9 heteroatoms. The quantitative estimate of drug-likeness (QED) is 0.423. The van der Waals surface area contributed by atoms with E-state index in [4.69, 9.17) is 4.98 Å². The number of aryl methyl sites for hydroxylation is 2. The summed E-state index contributed by atoms with van der Waals surface area (Å²) in [6.45, 7) is 8.78. The van der Waals surface area contributed by atoms with Crippen LogP contribution in [0.15, 0.2) is 36.9 Å². The topological polar surface area (TPSA) is 111 Å². The van der Waals surface area contributed by atoms with E-state index in [0.29, 0.717) is 23.8 Å². The van der Waals surface area contributed by atoms with Gasteiger partial charge in [0.1, 0.15) is 34.7 Å². The summed E-state index contributed by atoms with van der Waals surface area (Å²) < 4.78 is 2.05. The Kier molecular flexibility index (Phi) is 5.33. The van der Waals surface area contributed by atoms with Crippen LogP contribution in [-0.2, 0) is 16.9 Å². The lowest BCUT2D eigenvalue weighted by Crippen LogP contribution is -2.52. The van der Waals surface area contributed by atoms with E-state index in [2.05, 4.69) is 55.1 Å². The molecular weight excluding hydrogens is 452 g/mol. The zero-order valence-electron chi connectivity index (χ0n) is 21.0. The molecule has 0 saturated heterocycles. The van der Waals surface area contributed by atoms with Crippen LogP contribution in [0.1, 0.15) is 51.4 Å². The van der Waals surface area contributed by atoms with Crippen molar-refractivity contribution >= 4 is 22.8 Å². The third kappa shape index (κ3) is 3.49. The summed E-state index contributed by atoms with van der Waals surface area (Å²) in [4.78, 5) is 36.0. The van der Waals surface area contributed by atoms with Gasteiger partial charge in [-0.25, -0.2) is 24.9 Å². The Labute approximate surface area is 209 Å². The van der Waals surface area contributed by atoms with Gasteiger partial charge in [0.2, 0.25) is 5.91 Å². The molecule has 1 aromatic carbocycles. The molecular formula is C27H30N8O. The summed E-state index contributed by atoms with van der Waals surface area (Å²) in [5, 5.41) is 6.71. The van der Waals surface area contributed by atoms with Crippen LogP contribution >= 0.6 is 0 Å². The molecule has 1 amide bonds. The predicted molar refractivity (Wildman–Crippen MR) is 138 cm³/mol. The molecule has 184 valence electrons. The minimum Gasteiger partial charge on any atom is -0.324 e. The maximum absolute atomic E-state index is 13.1. The van der Waals surface area contributed by atoms with E-state index in [0.717, 1.165) is 39.5 Å². The third-order valence-electron chi connectivity index (χ3n) is 7.79. The number of fused-ring (bicyclic) bond motifs is 2. The molecule has 0 radical (unpaired) electrons. The molecule has 1 aliphatic carbocycles. The summed E-state index contributed by atoms with van der Waals surface area (Å²) in [5.41, 5.74) is 4.90. The highest BCUT2D eigenvalue weighted by Gasteiger charge is 2.45. The van der Waals surface area contributed by atoms with Gasteiger partial charge < -0.3 is 9.88 Å². The molecule has 2 N–H and O–H groups in total. The lowest BCUT2D eigenvalue weighted by Gasteiger charge is -2.37. The number of benzene rings is 1. The standard InChI is InChI=1S/C27H30N8O/c1-5-35-24(19-12-28-16(3)29-13-19)33-23-22(30-14-31-25(23)35)18-9-10-21-20(11-18)27(4,26(36)32-21)34-15(2)17-7-6-8-17/h9-15,17,34H,5-8H2,1-4H3,(H,32,36)/t15-,27?/m1/s1. The van der Waals surface area contributed by atoms with Gasteiger partial charge >= 0.3 is 0 Å². The molecule has 2 aliphatic rings. The molecule has 0 bridgehead atoms. The molecule has 6 rings (SSSR count). The molecule has 2 atom stereocenters. The van der Waals surface area contributed by atoms with Gasteiger partial charge in [-0.1, -0.05) is 12.5 Å². The lowest BCUT2D eigenvalue weighted by molar-refractivity contribution is -0.121. The Balaban J connectivity index is 1.45. The molecule has 4 aromatic rings. The van der Waals surface area contributed by atoms with Crippen LogP contribution in [0.5, 0.6) is 0 Å². The van der Waals surface area contributed by atoms with E-state index in [1.54, 1.807) is 18.7 Å². The van der Waals surface area contributed by atoms with E-state index in [1.807, 2.05) is 26.0 Å². The van der Waals surface area contributed by atoms with Crippen LogP contribution in [0.3, 0.4) is 0 Å². The fourth-order valence-electron chi connectivity index (χ4n) is 5.42. The van der Waals surface area contributed by atoms with Crippen LogP contribution in [0.2, 0.25) is 0 Å². The number of hydrogen-bond acceptors (Lipinski definition) is 7. The lowest BCUT2D eigenvalue weighted by atomic mass is 9.79. The van der Waals surface area contributed by atoms with E-state index in [9.17, 15) is 4.79 Å². The van der Waals surface area contributed by atoms with Crippen LogP contribution in [0.25, 0.3) is 33.8 Å². The molecule has 3 aromatic heterocycles. The fraction of sp³-hybridized carbons (Fsp3) is 0.407. The number of carbonyl (C=O) groups excluding carboxylic acids is 1. The number of amides is 1. The van der Waals surface area contributed by atoms with Crippen molar-refractivity contribution in [3.8, 4) is 22.6 Å².